The average molecular weight is 283 g/mol. The van der Waals surface area contributed by atoms with Gasteiger partial charge in [-0.15, -0.1) is 0 Å². The van der Waals surface area contributed by atoms with Crippen LogP contribution < -0.4 is 5.32 Å². The van der Waals surface area contributed by atoms with Crippen LogP contribution in [0.15, 0.2) is 0 Å². The van der Waals surface area contributed by atoms with Crippen molar-refractivity contribution < 1.29 is 4.74 Å². The molecule has 120 valence electrons. The van der Waals surface area contributed by atoms with Crippen LogP contribution in [0.1, 0.15) is 67.7 Å². The zero-order valence-electron chi connectivity index (χ0n) is 14.8. The summed E-state index contributed by atoms with van der Waals surface area (Å²) in [4.78, 5) is 0. The zero-order chi connectivity index (χ0) is 15.3. The Balaban J connectivity index is 2.48. The van der Waals surface area contributed by atoms with Gasteiger partial charge in [0, 0.05) is 6.54 Å². The van der Waals surface area contributed by atoms with Crippen molar-refractivity contribution in [2.45, 2.75) is 79.9 Å². The first kappa shape index (κ1) is 18.0. The number of nitrogens with one attached hydrogen (secondary N) is 1. The molecule has 1 aliphatic carbocycles. The highest BCUT2D eigenvalue weighted by atomic mass is 16.5. The van der Waals surface area contributed by atoms with E-state index in [9.17, 15) is 0 Å². The topological polar surface area (TPSA) is 21.3 Å². The lowest BCUT2D eigenvalue weighted by atomic mass is 9.71. The highest BCUT2D eigenvalue weighted by molar-refractivity contribution is 4.84. The van der Waals surface area contributed by atoms with Crippen LogP contribution in [0.3, 0.4) is 0 Å². The van der Waals surface area contributed by atoms with Gasteiger partial charge in [0.2, 0.25) is 0 Å². The van der Waals surface area contributed by atoms with Crippen LogP contribution in [-0.4, -0.2) is 25.3 Å². The van der Waals surface area contributed by atoms with Gasteiger partial charge in [-0.05, 0) is 49.0 Å². The molecule has 1 fully saturated rings. The molecule has 0 bridgehead atoms. The molecule has 20 heavy (non-hydrogen) atoms. The molecular formula is C18H37NO. The molecule has 0 aliphatic heterocycles. The van der Waals surface area contributed by atoms with Crippen molar-refractivity contribution in [2.75, 3.05) is 13.1 Å². The number of hydrogen-bond donors (Lipinski definition) is 1. The van der Waals surface area contributed by atoms with Crippen molar-refractivity contribution >= 4 is 0 Å². The standard InChI is InChI=1S/C18H37NO/c1-13(2)11-19-12-17(14(3)4)20-16-8-15(5)9-18(6,7)10-16/h13-17,19H,8-12H2,1-7H3. The Hall–Kier alpha value is -0.0800. The van der Waals surface area contributed by atoms with E-state index >= 15 is 0 Å². The Morgan fingerprint density at radius 2 is 1.75 bits per heavy atom. The number of hydrogen-bond acceptors (Lipinski definition) is 2. The summed E-state index contributed by atoms with van der Waals surface area (Å²) < 4.78 is 6.48. The van der Waals surface area contributed by atoms with Crippen LogP contribution in [-0.2, 0) is 4.74 Å². The molecule has 2 nitrogen and oxygen atoms in total. The fourth-order valence-electron chi connectivity index (χ4n) is 3.56. The molecule has 0 heterocycles. The maximum Gasteiger partial charge on any atom is 0.0726 e. The minimum absolute atomic E-state index is 0.347. The molecule has 1 N–H and O–H groups in total. The van der Waals surface area contributed by atoms with E-state index in [2.05, 4.69) is 53.8 Å². The fraction of sp³-hybridized carbons (Fsp3) is 1.00. The molecule has 3 atom stereocenters. The molecule has 3 unspecified atom stereocenters. The van der Waals surface area contributed by atoms with Crippen LogP contribution >= 0.6 is 0 Å². The first-order valence-corrected chi connectivity index (χ1v) is 8.56. The van der Waals surface area contributed by atoms with Gasteiger partial charge in [0.15, 0.2) is 0 Å². The third-order valence-electron chi connectivity index (χ3n) is 4.36. The highest BCUT2D eigenvalue weighted by Crippen LogP contribution is 2.40. The second-order valence-electron chi connectivity index (χ2n) is 8.51. The van der Waals surface area contributed by atoms with Gasteiger partial charge in [-0.3, -0.25) is 0 Å². The Morgan fingerprint density at radius 3 is 2.25 bits per heavy atom. The maximum absolute atomic E-state index is 6.48. The van der Waals surface area contributed by atoms with Crippen molar-refractivity contribution in [3.63, 3.8) is 0 Å². The van der Waals surface area contributed by atoms with Crippen LogP contribution in [0, 0.1) is 23.2 Å². The first-order chi connectivity index (χ1) is 9.19. The minimum atomic E-state index is 0.347. The van der Waals surface area contributed by atoms with Crippen LogP contribution in [0.25, 0.3) is 0 Å². The summed E-state index contributed by atoms with van der Waals surface area (Å²) in [6, 6.07) is 0. The van der Waals surface area contributed by atoms with E-state index in [0.717, 1.165) is 19.0 Å². The molecule has 2 heteroatoms. The fourth-order valence-corrected chi connectivity index (χ4v) is 3.56. The molecule has 0 aromatic carbocycles. The van der Waals surface area contributed by atoms with Gasteiger partial charge in [-0.25, -0.2) is 0 Å². The molecule has 1 rings (SSSR count). The molecule has 0 aromatic heterocycles. The quantitative estimate of drug-likeness (QED) is 0.743. The van der Waals surface area contributed by atoms with Gasteiger partial charge < -0.3 is 10.1 Å². The summed E-state index contributed by atoms with van der Waals surface area (Å²) >= 11 is 0. The lowest BCUT2D eigenvalue weighted by Crippen LogP contribution is -2.41. The third-order valence-corrected chi connectivity index (χ3v) is 4.36. The molecule has 0 radical (unpaired) electrons. The van der Waals surface area contributed by atoms with Crippen LogP contribution in [0.5, 0.6) is 0 Å². The molecule has 0 aromatic rings. The second-order valence-corrected chi connectivity index (χ2v) is 8.51. The van der Waals surface area contributed by atoms with E-state index in [1.807, 2.05) is 0 Å². The molecule has 0 saturated heterocycles. The summed E-state index contributed by atoms with van der Waals surface area (Å²) in [6.07, 6.45) is 4.58. The molecule has 1 aliphatic rings. The maximum atomic E-state index is 6.48. The summed E-state index contributed by atoms with van der Waals surface area (Å²) in [5.41, 5.74) is 0.440. The Bertz CT molecular complexity index is 273. The van der Waals surface area contributed by atoms with Crippen molar-refractivity contribution in [3.8, 4) is 0 Å². The lowest BCUT2D eigenvalue weighted by molar-refractivity contribution is -0.0799. The van der Waals surface area contributed by atoms with Gasteiger partial charge >= 0.3 is 0 Å². The summed E-state index contributed by atoms with van der Waals surface area (Å²) in [5, 5.41) is 3.56. The summed E-state index contributed by atoms with van der Waals surface area (Å²) in [7, 11) is 0. The SMILES string of the molecule is CC(C)CNCC(OC1CC(C)CC(C)(C)C1)C(C)C. The monoisotopic (exact) mass is 283 g/mol. The van der Waals surface area contributed by atoms with Gasteiger partial charge in [0.05, 0.1) is 12.2 Å². The zero-order valence-corrected chi connectivity index (χ0v) is 14.8. The Labute approximate surface area is 127 Å². The van der Waals surface area contributed by atoms with E-state index in [0.29, 0.717) is 29.5 Å². The summed E-state index contributed by atoms with van der Waals surface area (Å²) in [5.74, 6) is 2.08. The van der Waals surface area contributed by atoms with Gasteiger partial charge in [0.1, 0.15) is 0 Å². The van der Waals surface area contributed by atoms with Crippen LogP contribution in [0.4, 0.5) is 0 Å². The predicted octanol–water partition coefficient (Wildman–Crippen LogP) is 4.49. The molecule has 0 spiro atoms. The Morgan fingerprint density at radius 1 is 1.10 bits per heavy atom. The smallest absolute Gasteiger partial charge is 0.0726 e. The molecule has 1 saturated carbocycles. The second kappa shape index (κ2) is 7.79. The van der Waals surface area contributed by atoms with Crippen molar-refractivity contribution in [1.29, 1.82) is 0 Å². The number of rotatable bonds is 7. The van der Waals surface area contributed by atoms with E-state index in [1.165, 1.54) is 19.3 Å². The Kier molecular flexibility index (Phi) is 7.00. The van der Waals surface area contributed by atoms with Crippen molar-refractivity contribution in [1.82, 2.24) is 5.32 Å². The van der Waals surface area contributed by atoms with Crippen molar-refractivity contribution in [2.24, 2.45) is 23.2 Å². The summed E-state index contributed by atoms with van der Waals surface area (Å²) in [6.45, 7) is 18.3. The predicted molar refractivity (Wildman–Crippen MR) is 88.0 cm³/mol. The number of ether oxygens (including phenoxy) is 1. The third kappa shape index (κ3) is 6.58. The van der Waals surface area contributed by atoms with Gasteiger partial charge in [-0.2, -0.15) is 0 Å². The normalized spacial score (nSPS) is 28.1. The largest absolute Gasteiger partial charge is 0.373 e. The van der Waals surface area contributed by atoms with E-state index in [4.69, 9.17) is 4.74 Å². The molecule has 0 amide bonds. The van der Waals surface area contributed by atoms with Crippen molar-refractivity contribution in [3.05, 3.63) is 0 Å². The molecular weight excluding hydrogens is 246 g/mol. The lowest BCUT2D eigenvalue weighted by Gasteiger charge is -2.40. The van der Waals surface area contributed by atoms with E-state index in [-0.39, 0.29) is 0 Å². The van der Waals surface area contributed by atoms with Crippen LogP contribution in [0.2, 0.25) is 0 Å². The highest BCUT2D eigenvalue weighted by Gasteiger charge is 2.34. The van der Waals surface area contributed by atoms with Gasteiger partial charge in [-0.1, -0.05) is 48.5 Å². The first-order valence-electron chi connectivity index (χ1n) is 8.56. The van der Waals surface area contributed by atoms with E-state index in [1.54, 1.807) is 0 Å². The minimum Gasteiger partial charge on any atom is -0.373 e. The average Bonchev–Trinajstić information content (AvgIpc) is 2.23. The van der Waals surface area contributed by atoms with E-state index < -0.39 is 0 Å². The van der Waals surface area contributed by atoms with Gasteiger partial charge in [0.25, 0.3) is 0 Å².